The maximum atomic E-state index is 13.0. The van der Waals surface area contributed by atoms with Crippen LogP contribution in [0.1, 0.15) is 29.2 Å². The molecule has 11 nitrogen and oxygen atoms in total. The van der Waals surface area contributed by atoms with Gasteiger partial charge in [0.15, 0.2) is 0 Å². The lowest BCUT2D eigenvalue weighted by atomic mass is 10.0. The van der Waals surface area contributed by atoms with Crippen LogP contribution in [0.3, 0.4) is 0 Å². The first-order valence-electron chi connectivity index (χ1n) is 12.1. The summed E-state index contributed by atoms with van der Waals surface area (Å²) < 4.78 is 31.7. The maximum Gasteiger partial charge on any atom is 0.490 e. The standard InChI is InChI=1S/C23H27N5O4.C2HF3O2/c29-21(26-20(13-22(30)31)18-2-1-7-25-14-18)15-27-10-11-28(23(27)32)19-4-3-16-5-8-24-9-6-17(16)12-19;3-2(4,5)1(6)7/h1-4,7,12,14,20,24H,5-6,8-11,13,15H2,(H,26,29)(H,30,31);(H,6,7). The summed E-state index contributed by atoms with van der Waals surface area (Å²) in [5, 5.41) is 22.4. The van der Waals surface area contributed by atoms with Crippen molar-refractivity contribution in [2.24, 2.45) is 0 Å². The summed E-state index contributed by atoms with van der Waals surface area (Å²) in [6.45, 7) is 2.69. The number of alkyl halides is 3. The van der Waals surface area contributed by atoms with E-state index in [-0.39, 0.29) is 19.0 Å². The number of urea groups is 1. The topological polar surface area (TPSA) is 152 Å². The number of anilines is 1. The Labute approximate surface area is 221 Å². The van der Waals surface area contributed by atoms with Gasteiger partial charge in [-0.1, -0.05) is 12.1 Å². The molecule has 1 aromatic carbocycles. The lowest BCUT2D eigenvalue weighted by molar-refractivity contribution is -0.192. The second kappa shape index (κ2) is 13.0. The van der Waals surface area contributed by atoms with Crippen LogP contribution in [0.4, 0.5) is 23.7 Å². The van der Waals surface area contributed by atoms with Gasteiger partial charge in [0.05, 0.1) is 12.5 Å². The normalized spacial score (nSPS) is 15.9. The molecule has 0 aliphatic carbocycles. The van der Waals surface area contributed by atoms with E-state index < -0.39 is 30.1 Å². The number of fused-ring (bicyclic) bond motifs is 1. The SMILES string of the molecule is O=C(O)C(F)(F)F.O=C(O)CC(NC(=O)CN1CCN(c2ccc3c(c2)CCNCC3)C1=O)c1cccnc1. The number of benzene rings is 1. The van der Waals surface area contributed by atoms with Crippen LogP contribution in [0.2, 0.25) is 0 Å². The molecule has 2 aromatic rings. The van der Waals surface area contributed by atoms with Crippen molar-refractivity contribution in [3.8, 4) is 0 Å². The minimum Gasteiger partial charge on any atom is -0.481 e. The zero-order chi connectivity index (χ0) is 28.6. The monoisotopic (exact) mass is 551 g/mol. The number of carboxylic acid groups (broad SMARTS) is 2. The van der Waals surface area contributed by atoms with Gasteiger partial charge >= 0.3 is 24.1 Å². The lowest BCUT2D eigenvalue weighted by Crippen LogP contribution is -2.41. The molecule has 1 fully saturated rings. The van der Waals surface area contributed by atoms with E-state index in [1.165, 1.54) is 22.2 Å². The van der Waals surface area contributed by atoms with E-state index in [4.69, 9.17) is 9.90 Å². The Kier molecular flexibility index (Phi) is 9.82. The summed E-state index contributed by atoms with van der Waals surface area (Å²) in [6.07, 6.45) is -0.327. The maximum absolute atomic E-state index is 13.0. The second-order valence-electron chi connectivity index (χ2n) is 8.87. The van der Waals surface area contributed by atoms with Crippen LogP contribution in [-0.4, -0.2) is 82.9 Å². The summed E-state index contributed by atoms with van der Waals surface area (Å²) in [4.78, 5) is 52.9. The van der Waals surface area contributed by atoms with Crippen LogP contribution in [0.5, 0.6) is 0 Å². The van der Waals surface area contributed by atoms with Gasteiger partial charge in [-0.3, -0.25) is 19.5 Å². The van der Waals surface area contributed by atoms with Gasteiger partial charge in [0.1, 0.15) is 6.54 Å². The van der Waals surface area contributed by atoms with Crippen LogP contribution < -0.4 is 15.5 Å². The number of nitrogens with one attached hydrogen (secondary N) is 2. The first-order valence-corrected chi connectivity index (χ1v) is 12.1. The van der Waals surface area contributed by atoms with Crippen LogP contribution in [-0.2, 0) is 27.2 Å². The molecule has 14 heteroatoms. The smallest absolute Gasteiger partial charge is 0.481 e. The average Bonchev–Trinajstić information content (AvgIpc) is 3.08. The van der Waals surface area contributed by atoms with Crippen molar-refractivity contribution in [3.05, 3.63) is 59.4 Å². The third-order valence-electron chi connectivity index (χ3n) is 6.12. The van der Waals surface area contributed by atoms with Gasteiger partial charge in [-0.25, -0.2) is 9.59 Å². The van der Waals surface area contributed by atoms with Gasteiger partial charge in [0.25, 0.3) is 0 Å². The van der Waals surface area contributed by atoms with Crippen molar-refractivity contribution in [1.82, 2.24) is 20.5 Å². The summed E-state index contributed by atoms with van der Waals surface area (Å²) in [7, 11) is 0. The minimum atomic E-state index is -5.08. The van der Waals surface area contributed by atoms with Crippen LogP contribution >= 0.6 is 0 Å². The number of rotatable bonds is 7. The highest BCUT2D eigenvalue weighted by atomic mass is 19.4. The Bertz CT molecular complexity index is 1190. The van der Waals surface area contributed by atoms with Crippen molar-refractivity contribution in [1.29, 1.82) is 0 Å². The molecule has 0 radical (unpaired) electrons. The van der Waals surface area contributed by atoms with Gasteiger partial charge < -0.3 is 25.7 Å². The van der Waals surface area contributed by atoms with Crippen molar-refractivity contribution < 1.29 is 42.6 Å². The molecule has 1 saturated heterocycles. The predicted octanol–water partition coefficient (Wildman–Crippen LogP) is 1.98. The summed E-state index contributed by atoms with van der Waals surface area (Å²) in [5.41, 5.74) is 4.01. The number of pyridine rings is 1. The number of carbonyl (C=O) groups is 4. The van der Waals surface area contributed by atoms with Gasteiger partial charge in [-0.2, -0.15) is 13.2 Å². The van der Waals surface area contributed by atoms with Gasteiger partial charge in [0, 0.05) is 31.2 Å². The van der Waals surface area contributed by atoms with Crippen LogP contribution in [0.25, 0.3) is 0 Å². The highest BCUT2D eigenvalue weighted by Gasteiger charge is 2.38. The Hall–Kier alpha value is -4.20. The van der Waals surface area contributed by atoms with E-state index in [2.05, 4.69) is 27.8 Å². The largest absolute Gasteiger partial charge is 0.490 e. The summed E-state index contributed by atoms with van der Waals surface area (Å²) >= 11 is 0. The zero-order valence-corrected chi connectivity index (χ0v) is 20.8. The minimum absolute atomic E-state index is 0.124. The quantitative estimate of drug-likeness (QED) is 0.408. The number of carbonyl (C=O) groups excluding carboxylic acids is 2. The number of aliphatic carboxylic acids is 2. The number of aromatic nitrogens is 1. The molecule has 0 saturated carbocycles. The first kappa shape index (κ1) is 29.4. The van der Waals surface area contributed by atoms with Gasteiger partial charge in [-0.15, -0.1) is 0 Å². The predicted molar refractivity (Wildman–Crippen MR) is 132 cm³/mol. The number of halogens is 3. The molecule has 2 aliphatic rings. The van der Waals surface area contributed by atoms with Crippen molar-refractivity contribution in [3.63, 3.8) is 0 Å². The molecule has 0 bridgehead atoms. The van der Waals surface area contributed by atoms with E-state index in [9.17, 15) is 32.7 Å². The number of nitrogens with zero attached hydrogens (tertiary/aromatic N) is 3. The summed E-state index contributed by atoms with van der Waals surface area (Å²) in [5.74, 6) is -4.18. The Morgan fingerprint density at radius 1 is 1.08 bits per heavy atom. The fraction of sp³-hybridized carbons (Fsp3) is 0.400. The number of hydrogen-bond acceptors (Lipinski definition) is 6. The first-order chi connectivity index (χ1) is 18.5. The average molecular weight is 552 g/mol. The van der Waals surface area contributed by atoms with E-state index in [1.807, 2.05) is 6.07 Å². The molecule has 4 rings (SSSR count). The Morgan fingerprint density at radius 2 is 1.77 bits per heavy atom. The molecule has 1 unspecified atom stereocenters. The third kappa shape index (κ3) is 8.40. The molecule has 3 amide bonds. The Balaban J connectivity index is 0.000000532. The highest BCUT2D eigenvalue weighted by Crippen LogP contribution is 2.25. The molecule has 39 heavy (non-hydrogen) atoms. The second-order valence-corrected chi connectivity index (χ2v) is 8.87. The molecule has 0 spiro atoms. The summed E-state index contributed by atoms with van der Waals surface area (Å²) in [6, 6.07) is 8.62. The lowest BCUT2D eigenvalue weighted by Gasteiger charge is -2.21. The molecular formula is C25H28F3N5O6. The molecule has 1 atom stereocenters. The molecule has 3 heterocycles. The van der Waals surface area contributed by atoms with Crippen LogP contribution in [0.15, 0.2) is 42.7 Å². The zero-order valence-electron chi connectivity index (χ0n) is 20.8. The van der Waals surface area contributed by atoms with E-state index in [0.29, 0.717) is 18.7 Å². The van der Waals surface area contributed by atoms with E-state index >= 15 is 0 Å². The van der Waals surface area contributed by atoms with Crippen LogP contribution in [0, 0.1) is 0 Å². The van der Waals surface area contributed by atoms with Gasteiger partial charge in [0.2, 0.25) is 5.91 Å². The number of hydrogen-bond donors (Lipinski definition) is 4. The highest BCUT2D eigenvalue weighted by molar-refractivity contribution is 5.96. The van der Waals surface area contributed by atoms with Gasteiger partial charge in [-0.05, 0) is 60.8 Å². The molecule has 2 aliphatic heterocycles. The fourth-order valence-corrected chi connectivity index (χ4v) is 4.22. The third-order valence-corrected chi connectivity index (χ3v) is 6.12. The Morgan fingerprint density at radius 3 is 2.38 bits per heavy atom. The molecule has 1 aromatic heterocycles. The fourth-order valence-electron chi connectivity index (χ4n) is 4.22. The van der Waals surface area contributed by atoms with Crippen molar-refractivity contribution in [2.75, 3.05) is 37.6 Å². The molecule has 4 N–H and O–H groups in total. The van der Waals surface area contributed by atoms with Crippen molar-refractivity contribution >= 4 is 29.6 Å². The van der Waals surface area contributed by atoms with E-state index in [0.717, 1.165) is 31.6 Å². The van der Waals surface area contributed by atoms with E-state index in [1.54, 1.807) is 23.2 Å². The molecular weight excluding hydrogens is 523 g/mol. The van der Waals surface area contributed by atoms with Crippen molar-refractivity contribution in [2.45, 2.75) is 31.5 Å². The number of amides is 3. The number of carboxylic acids is 2. The molecule has 210 valence electrons.